The number of aromatic amines is 2. The molecule has 0 aliphatic heterocycles. The van der Waals surface area contributed by atoms with Crippen LogP contribution in [0.4, 0.5) is 5.95 Å². The minimum Gasteiger partial charge on any atom is -0.296 e. The third-order valence-electron chi connectivity index (χ3n) is 3.23. The minimum atomic E-state index is -0.400. The van der Waals surface area contributed by atoms with E-state index in [1.54, 1.807) is 31.2 Å². The SMILES string of the molecule is Cc1cc(=O)[nH]c(NC(=O)Cc2n[nH]c(=O)c3ccccc23)n1. The van der Waals surface area contributed by atoms with Crippen molar-refractivity contribution >= 4 is 22.6 Å². The van der Waals surface area contributed by atoms with Crippen LogP contribution in [0.3, 0.4) is 0 Å². The lowest BCUT2D eigenvalue weighted by atomic mass is 10.1. The Balaban J connectivity index is 1.87. The van der Waals surface area contributed by atoms with Crippen molar-refractivity contribution in [1.82, 2.24) is 20.2 Å². The highest BCUT2D eigenvalue weighted by atomic mass is 16.2. The first-order chi connectivity index (χ1) is 11.0. The molecule has 8 heteroatoms. The summed E-state index contributed by atoms with van der Waals surface area (Å²) in [5.74, 6) is -0.322. The monoisotopic (exact) mass is 311 g/mol. The van der Waals surface area contributed by atoms with Gasteiger partial charge in [0.15, 0.2) is 0 Å². The van der Waals surface area contributed by atoms with Gasteiger partial charge in [0.05, 0.1) is 17.5 Å². The lowest BCUT2D eigenvalue weighted by Gasteiger charge is -2.06. The maximum Gasteiger partial charge on any atom is 0.272 e. The summed E-state index contributed by atoms with van der Waals surface area (Å²) in [5, 5.41) is 9.89. The fourth-order valence-electron chi connectivity index (χ4n) is 2.27. The van der Waals surface area contributed by atoms with Crippen LogP contribution in [0.15, 0.2) is 39.9 Å². The molecule has 0 aliphatic rings. The molecule has 0 spiro atoms. The Hall–Kier alpha value is -3.29. The molecule has 0 aliphatic carbocycles. The molecule has 0 radical (unpaired) electrons. The van der Waals surface area contributed by atoms with Gasteiger partial charge in [-0.25, -0.2) is 10.1 Å². The Morgan fingerprint density at radius 1 is 1.22 bits per heavy atom. The van der Waals surface area contributed by atoms with E-state index in [2.05, 4.69) is 25.5 Å². The summed E-state index contributed by atoms with van der Waals surface area (Å²) in [5.41, 5.74) is 0.277. The van der Waals surface area contributed by atoms with Gasteiger partial charge in [0.25, 0.3) is 11.1 Å². The molecule has 1 amide bonds. The zero-order chi connectivity index (χ0) is 16.4. The number of nitrogens with zero attached hydrogens (tertiary/aromatic N) is 2. The molecule has 0 saturated heterocycles. The highest BCUT2D eigenvalue weighted by Crippen LogP contribution is 2.13. The van der Waals surface area contributed by atoms with Crippen LogP contribution >= 0.6 is 0 Å². The molecule has 0 atom stereocenters. The quantitative estimate of drug-likeness (QED) is 0.650. The minimum absolute atomic E-state index is 0.0606. The van der Waals surface area contributed by atoms with E-state index in [-0.39, 0.29) is 23.5 Å². The van der Waals surface area contributed by atoms with Gasteiger partial charge >= 0.3 is 0 Å². The van der Waals surface area contributed by atoms with Crippen molar-refractivity contribution in [3.63, 3.8) is 0 Å². The molecule has 2 aromatic heterocycles. The lowest BCUT2D eigenvalue weighted by molar-refractivity contribution is -0.115. The van der Waals surface area contributed by atoms with E-state index in [9.17, 15) is 14.4 Å². The summed E-state index contributed by atoms with van der Waals surface area (Å²) in [6.07, 6.45) is -0.0606. The smallest absolute Gasteiger partial charge is 0.272 e. The Bertz CT molecular complexity index is 1010. The number of aryl methyl sites for hydroxylation is 1. The molecule has 8 nitrogen and oxygen atoms in total. The van der Waals surface area contributed by atoms with Crippen LogP contribution in [0.1, 0.15) is 11.4 Å². The fraction of sp³-hybridized carbons (Fsp3) is 0.133. The molecule has 1 aromatic carbocycles. The summed E-state index contributed by atoms with van der Waals surface area (Å²) >= 11 is 0. The van der Waals surface area contributed by atoms with Crippen LogP contribution in [-0.4, -0.2) is 26.1 Å². The number of carbonyl (C=O) groups is 1. The van der Waals surface area contributed by atoms with Gasteiger partial charge in [-0.1, -0.05) is 18.2 Å². The molecule has 3 rings (SSSR count). The number of hydrogen-bond donors (Lipinski definition) is 3. The Kier molecular flexibility index (Phi) is 3.71. The summed E-state index contributed by atoms with van der Waals surface area (Å²) in [4.78, 5) is 41.7. The number of hydrogen-bond acceptors (Lipinski definition) is 5. The van der Waals surface area contributed by atoms with Crippen molar-refractivity contribution in [2.45, 2.75) is 13.3 Å². The summed E-state index contributed by atoms with van der Waals surface area (Å²) in [6, 6.07) is 8.23. The van der Waals surface area contributed by atoms with E-state index in [4.69, 9.17) is 0 Å². The van der Waals surface area contributed by atoms with Crippen LogP contribution in [0.2, 0.25) is 0 Å². The average molecular weight is 311 g/mol. The predicted octanol–water partition coefficient (Wildman–Crippen LogP) is 0.496. The standard InChI is InChI=1S/C15H13N5O3/c1-8-6-12(21)17-15(16-8)18-13(22)7-11-9-4-2-3-5-10(9)14(23)20-19-11/h2-6H,7H2,1H3,(H,20,23)(H2,16,17,18,21,22). The molecule has 23 heavy (non-hydrogen) atoms. The molecule has 0 saturated carbocycles. The second kappa shape index (κ2) is 5.84. The van der Waals surface area contributed by atoms with Crippen molar-refractivity contribution in [2.75, 3.05) is 5.32 Å². The molecule has 0 bridgehead atoms. The number of carbonyl (C=O) groups excluding carboxylic acids is 1. The summed E-state index contributed by atoms with van der Waals surface area (Å²) in [6.45, 7) is 1.65. The van der Waals surface area contributed by atoms with Gasteiger partial charge in [-0.15, -0.1) is 0 Å². The lowest BCUT2D eigenvalue weighted by Crippen LogP contribution is -2.21. The van der Waals surface area contributed by atoms with E-state index < -0.39 is 5.91 Å². The van der Waals surface area contributed by atoms with Gasteiger partial charge in [0, 0.05) is 17.1 Å². The van der Waals surface area contributed by atoms with Gasteiger partial charge in [-0.3, -0.25) is 24.7 Å². The van der Waals surface area contributed by atoms with Crippen molar-refractivity contribution < 1.29 is 4.79 Å². The maximum absolute atomic E-state index is 12.1. The number of rotatable bonds is 3. The molecule has 116 valence electrons. The topological polar surface area (TPSA) is 121 Å². The van der Waals surface area contributed by atoms with Crippen LogP contribution in [0, 0.1) is 6.92 Å². The first-order valence-corrected chi connectivity index (χ1v) is 6.87. The first kappa shape index (κ1) is 14.6. The van der Waals surface area contributed by atoms with Crippen molar-refractivity contribution in [2.24, 2.45) is 0 Å². The molecule has 0 unspecified atom stereocenters. The average Bonchev–Trinajstić information content (AvgIpc) is 2.49. The molecule has 3 N–H and O–H groups in total. The Morgan fingerprint density at radius 3 is 2.70 bits per heavy atom. The summed E-state index contributed by atoms with van der Waals surface area (Å²) in [7, 11) is 0. The zero-order valence-corrected chi connectivity index (χ0v) is 12.2. The molecule has 0 fully saturated rings. The van der Waals surface area contributed by atoms with Crippen LogP contribution in [-0.2, 0) is 11.2 Å². The normalized spacial score (nSPS) is 10.7. The van der Waals surface area contributed by atoms with Crippen molar-refractivity contribution in [3.8, 4) is 0 Å². The first-order valence-electron chi connectivity index (χ1n) is 6.87. The number of H-pyrrole nitrogens is 2. The van der Waals surface area contributed by atoms with E-state index in [0.29, 0.717) is 22.2 Å². The Morgan fingerprint density at radius 2 is 1.96 bits per heavy atom. The maximum atomic E-state index is 12.1. The predicted molar refractivity (Wildman–Crippen MR) is 84.3 cm³/mol. The van der Waals surface area contributed by atoms with Gasteiger partial charge in [-0.2, -0.15) is 5.10 Å². The zero-order valence-electron chi connectivity index (χ0n) is 12.2. The number of aromatic nitrogens is 4. The number of nitrogens with one attached hydrogen (secondary N) is 3. The molecular weight excluding hydrogens is 298 g/mol. The van der Waals surface area contributed by atoms with Crippen LogP contribution in [0.25, 0.3) is 10.8 Å². The molecule has 3 aromatic rings. The van der Waals surface area contributed by atoms with Crippen LogP contribution < -0.4 is 16.4 Å². The third-order valence-corrected chi connectivity index (χ3v) is 3.23. The van der Waals surface area contributed by atoms with Crippen molar-refractivity contribution in [1.29, 1.82) is 0 Å². The van der Waals surface area contributed by atoms with Crippen LogP contribution in [0.5, 0.6) is 0 Å². The fourth-order valence-corrected chi connectivity index (χ4v) is 2.27. The summed E-state index contributed by atoms with van der Waals surface area (Å²) < 4.78 is 0. The number of benzene rings is 1. The number of amides is 1. The molecular formula is C15H13N5O3. The van der Waals surface area contributed by atoms with Gasteiger partial charge in [-0.05, 0) is 13.0 Å². The second-order valence-corrected chi connectivity index (χ2v) is 5.01. The van der Waals surface area contributed by atoms with E-state index in [1.807, 2.05) is 0 Å². The Labute approximate surface area is 129 Å². The van der Waals surface area contributed by atoms with Gasteiger partial charge < -0.3 is 0 Å². The second-order valence-electron chi connectivity index (χ2n) is 5.01. The third kappa shape index (κ3) is 3.15. The van der Waals surface area contributed by atoms with Gasteiger partial charge in [0.1, 0.15) is 0 Å². The largest absolute Gasteiger partial charge is 0.296 e. The van der Waals surface area contributed by atoms with E-state index >= 15 is 0 Å². The number of fused-ring (bicyclic) bond motifs is 1. The highest BCUT2D eigenvalue weighted by Gasteiger charge is 2.11. The number of anilines is 1. The van der Waals surface area contributed by atoms with E-state index in [1.165, 1.54) is 6.07 Å². The highest BCUT2D eigenvalue weighted by molar-refractivity contribution is 5.94. The van der Waals surface area contributed by atoms with E-state index in [0.717, 1.165) is 0 Å². The molecule has 2 heterocycles. The van der Waals surface area contributed by atoms with Gasteiger partial charge in [0.2, 0.25) is 11.9 Å². The van der Waals surface area contributed by atoms with Crippen molar-refractivity contribution in [3.05, 3.63) is 62.4 Å².